The second-order valence-corrected chi connectivity index (χ2v) is 6.89. The van der Waals surface area contributed by atoms with E-state index in [1.807, 2.05) is 0 Å². The lowest BCUT2D eigenvalue weighted by Gasteiger charge is -2.22. The van der Waals surface area contributed by atoms with Gasteiger partial charge in [0.15, 0.2) is 11.5 Å². The van der Waals surface area contributed by atoms with Gasteiger partial charge >= 0.3 is 5.69 Å². The summed E-state index contributed by atoms with van der Waals surface area (Å²) in [5.41, 5.74) is 6.97. The molecule has 0 atom stereocenters. The zero-order valence-electron chi connectivity index (χ0n) is 13.8. The molecule has 1 saturated carbocycles. The number of ether oxygens (including phenoxy) is 1. The van der Waals surface area contributed by atoms with Gasteiger partial charge in [0.25, 0.3) is 0 Å². The Labute approximate surface area is 139 Å². The highest BCUT2D eigenvalue weighted by Crippen LogP contribution is 2.32. The van der Waals surface area contributed by atoms with E-state index in [1.54, 1.807) is 4.57 Å². The number of nitrogens with zero attached hydrogens (tertiary/aromatic N) is 3. The summed E-state index contributed by atoms with van der Waals surface area (Å²) in [5, 5.41) is 3.24. The number of nitrogens with one attached hydrogen (secondary N) is 2. The molecule has 0 bridgehead atoms. The van der Waals surface area contributed by atoms with Crippen LogP contribution in [0.4, 0.5) is 11.8 Å². The number of anilines is 2. The Kier molecular flexibility index (Phi) is 4.13. The van der Waals surface area contributed by atoms with E-state index in [-0.39, 0.29) is 5.69 Å². The minimum atomic E-state index is -0.173. The molecule has 24 heavy (non-hydrogen) atoms. The van der Waals surface area contributed by atoms with E-state index < -0.39 is 0 Å². The van der Waals surface area contributed by atoms with Gasteiger partial charge in [0, 0.05) is 26.3 Å². The second-order valence-electron chi connectivity index (χ2n) is 6.89. The maximum Gasteiger partial charge on any atom is 0.327 e. The zero-order valence-corrected chi connectivity index (χ0v) is 13.8. The highest BCUT2D eigenvalue weighted by atomic mass is 16.5. The molecule has 1 aliphatic carbocycles. The maximum absolute atomic E-state index is 12.3. The van der Waals surface area contributed by atoms with Gasteiger partial charge in [0.2, 0.25) is 5.95 Å². The minimum absolute atomic E-state index is 0.173. The monoisotopic (exact) mass is 332 g/mol. The van der Waals surface area contributed by atoms with Crippen molar-refractivity contribution in [1.82, 2.24) is 19.5 Å². The number of aromatic nitrogens is 4. The average Bonchev–Trinajstić information content (AvgIpc) is 3.35. The largest absolute Gasteiger partial charge is 0.382 e. The van der Waals surface area contributed by atoms with Crippen LogP contribution in [0.5, 0.6) is 0 Å². The Morgan fingerprint density at radius 3 is 2.75 bits per heavy atom. The Bertz CT molecular complexity index is 773. The molecule has 0 unspecified atom stereocenters. The van der Waals surface area contributed by atoms with Crippen molar-refractivity contribution in [1.29, 1.82) is 0 Å². The first-order valence-electron chi connectivity index (χ1n) is 8.78. The van der Waals surface area contributed by atoms with E-state index >= 15 is 0 Å². The van der Waals surface area contributed by atoms with Crippen molar-refractivity contribution in [3.05, 3.63) is 10.5 Å². The van der Waals surface area contributed by atoms with Crippen LogP contribution in [-0.2, 0) is 11.3 Å². The molecule has 2 aromatic heterocycles. The van der Waals surface area contributed by atoms with Crippen LogP contribution >= 0.6 is 0 Å². The van der Waals surface area contributed by atoms with Crippen LogP contribution in [0.25, 0.3) is 11.2 Å². The van der Waals surface area contributed by atoms with Crippen LogP contribution in [0.3, 0.4) is 0 Å². The van der Waals surface area contributed by atoms with E-state index in [1.165, 1.54) is 12.8 Å². The summed E-state index contributed by atoms with van der Waals surface area (Å²) >= 11 is 0. The molecule has 3 heterocycles. The molecule has 0 aromatic carbocycles. The van der Waals surface area contributed by atoms with Gasteiger partial charge in [-0.3, -0.25) is 4.57 Å². The van der Waals surface area contributed by atoms with Crippen molar-refractivity contribution in [3.63, 3.8) is 0 Å². The standard InChI is InChI=1S/C16H24N6O2/c17-13-12-14(21-15(20-13)18-6-3-10-1-2-10)22(16(23)19-12)9-11-4-7-24-8-5-11/h10-11H,1-9H2,(H,19,23)(H3,17,18,20,21). The topological polar surface area (TPSA) is 111 Å². The first-order valence-corrected chi connectivity index (χ1v) is 8.78. The van der Waals surface area contributed by atoms with Crippen LogP contribution in [0, 0.1) is 11.8 Å². The summed E-state index contributed by atoms with van der Waals surface area (Å²) in [6, 6.07) is 0. The Balaban J connectivity index is 1.58. The van der Waals surface area contributed by atoms with Gasteiger partial charge in [-0.05, 0) is 31.1 Å². The van der Waals surface area contributed by atoms with Crippen molar-refractivity contribution in [2.45, 2.75) is 38.6 Å². The molecule has 0 radical (unpaired) electrons. The van der Waals surface area contributed by atoms with Gasteiger partial charge in [0.1, 0.15) is 5.52 Å². The van der Waals surface area contributed by atoms with Gasteiger partial charge in [-0.1, -0.05) is 12.8 Å². The molecule has 2 fully saturated rings. The van der Waals surface area contributed by atoms with Crippen molar-refractivity contribution >= 4 is 22.9 Å². The Morgan fingerprint density at radius 2 is 2.00 bits per heavy atom. The number of imidazole rings is 1. The molecular weight excluding hydrogens is 308 g/mol. The van der Waals surface area contributed by atoms with Crippen molar-refractivity contribution in [2.75, 3.05) is 30.8 Å². The molecule has 2 aromatic rings. The smallest absolute Gasteiger partial charge is 0.327 e. The first-order chi connectivity index (χ1) is 11.7. The average molecular weight is 332 g/mol. The van der Waals surface area contributed by atoms with Crippen LogP contribution < -0.4 is 16.7 Å². The lowest BCUT2D eigenvalue weighted by Crippen LogP contribution is -2.26. The molecule has 0 amide bonds. The van der Waals surface area contributed by atoms with Gasteiger partial charge in [-0.2, -0.15) is 9.97 Å². The fourth-order valence-corrected chi connectivity index (χ4v) is 3.28. The van der Waals surface area contributed by atoms with E-state index in [9.17, 15) is 4.79 Å². The Morgan fingerprint density at radius 1 is 1.21 bits per heavy atom. The van der Waals surface area contributed by atoms with E-state index in [0.29, 0.717) is 35.4 Å². The predicted molar refractivity (Wildman–Crippen MR) is 91.9 cm³/mol. The molecule has 8 nitrogen and oxygen atoms in total. The van der Waals surface area contributed by atoms with Crippen LogP contribution in [-0.4, -0.2) is 39.3 Å². The number of fused-ring (bicyclic) bond motifs is 1. The number of aromatic amines is 1. The summed E-state index contributed by atoms with van der Waals surface area (Å²) in [7, 11) is 0. The molecule has 2 aliphatic rings. The normalized spacial score (nSPS) is 19.0. The number of H-pyrrole nitrogens is 1. The maximum atomic E-state index is 12.3. The van der Waals surface area contributed by atoms with Crippen LogP contribution in [0.1, 0.15) is 32.1 Å². The third kappa shape index (κ3) is 3.24. The lowest BCUT2D eigenvalue weighted by atomic mass is 10.0. The molecular formula is C16H24N6O2. The minimum Gasteiger partial charge on any atom is -0.382 e. The summed E-state index contributed by atoms with van der Waals surface area (Å²) in [5.74, 6) is 2.09. The van der Waals surface area contributed by atoms with Gasteiger partial charge < -0.3 is 20.8 Å². The molecule has 8 heteroatoms. The second kappa shape index (κ2) is 6.43. The zero-order chi connectivity index (χ0) is 16.5. The fraction of sp³-hybridized carbons (Fsp3) is 0.688. The highest BCUT2D eigenvalue weighted by Gasteiger charge is 2.21. The number of rotatable bonds is 6. The molecule has 1 saturated heterocycles. The fourth-order valence-electron chi connectivity index (χ4n) is 3.28. The van der Waals surface area contributed by atoms with Crippen molar-refractivity contribution < 1.29 is 4.74 Å². The van der Waals surface area contributed by atoms with Gasteiger partial charge in [-0.25, -0.2) is 4.79 Å². The van der Waals surface area contributed by atoms with Gasteiger partial charge in [-0.15, -0.1) is 0 Å². The van der Waals surface area contributed by atoms with Gasteiger partial charge in [0.05, 0.1) is 0 Å². The first kappa shape index (κ1) is 15.4. The third-order valence-electron chi connectivity index (χ3n) is 4.96. The van der Waals surface area contributed by atoms with E-state index in [0.717, 1.165) is 44.9 Å². The predicted octanol–water partition coefficient (Wildman–Crippen LogP) is 1.34. The molecule has 0 spiro atoms. The number of nitrogen functional groups attached to an aromatic ring is 1. The van der Waals surface area contributed by atoms with Crippen molar-refractivity contribution in [3.8, 4) is 0 Å². The van der Waals surface area contributed by atoms with E-state index in [4.69, 9.17) is 10.5 Å². The highest BCUT2D eigenvalue weighted by molar-refractivity contribution is 5.82. The molecule has 1 aliphatic heterocycles. The number of hydrogen-bond acceptors (Lipinski definition) is 6. The summed E-state index contributed by atoms with van der Waals surface area (Å²) < 4.78 is 7.08. The number of nitrogens with two attached hydrogens (primary N) is 1. The van der Waals surface area contributed by atoms with E-state index in [2.05, 4.69) is 20.3 Å². The molecule has 4 rings (SSSR count). The van der Waals surface area contributed by atoms with Crippen LogP contribution in [0.2, 0.25) is 0 Å². The lowest BCUT2D eigenvalue weighted by molar-refractivity contribution is 0.0613. The summed E-state index contributed by atoms with van der Waals surface area (Å²) in [4.78, 5) is 23.9. The SMILES string of the molecule is Nc1nc(NCCC2CC2)nc2c1[nH]c(=O)n2CC1CCOCC1. The molecule has 4 N–H and O–H groups in total. The summed E-state index contributed by atoms with van der Waals surface area (Å²) in [6.07, 6.45) is 5.71. The van der Waals surface area contributed by atoms with Crippen LogP contribution in [0.15, 0.2) is 4.79 Å². The Hall–Kier alpha value is -2.09. The third-order valence-corrected chi connectivity index (χ3v) is 4.96. The number of hydrogen-bond donors (Lipinski definition) is 3. The van der Waals surface area contributed by atoms with Crippen molar-refractivity contribution in [2.24, 2.45) is 11.8 Å². The summed E-state index contributed by atoms with van der Waals surface area (Å²) in [6.45, 7) is 2.99. The quantitative estimate of drug-likeness (QED) is 0.736. The molecule has 130 valence electrons.